The Balaban J connectivity index is 2.04. The average Bonchev–Trinajstić information content (AvgIpc) is 2.76. The largest absolute Gasteiger partial charge is 0.493 e. The topological polar surface area (TPSA) is 132 Å². The van der Waals surface area contributed by atoms with Crippen molar-refractivity contribution < 1.29 is 24.0 Å². The minimum absolute atomic E-state index is 0.0254. The van der Waals surface area contributed by atoms with Gasteiger partial charge in [0, 0.05) is 24.2 Å². The lowest BCUT2D eigenvalue weighted by Crippen LogP contribution is -2.41. The molecule has 0 fully saturated rings. The van der Waals surface area contributed by atoms with E-state index in [0.717, 1.165) is 12.5 Å². The molecular weight excluding hydrogens is 404 g/mol. The van der Waals surface area contributed by atoms with Gasteiger partial charge in [-0.2, -0.15) is 0 Å². The Morgan fingerprint density at radius 1 is 1.03 bits per heavy atom. The van der Waals surface area contributed by atoms with Crippen molar-refractivity contribution in [3.63, 3.8) is 0 Å². The fourth-order valence-corrected chi connectivity index (χ4v) is 2.63. The molecule has 2 amide bonds. The first-order valence-electron chi connectivity index (χ1n) is 9.64. The number of hydrazine groups is 1. The summed E-state index contributed by atoms with van der Waals surface area (Å²) in [5.41, 5.74) is 4.82. The average molecular weight is 430 g/mol. The van der Waals surface area contributed by atoms with Crippen molar-refractivity contribution in [2.75, 3.05) is 26.1 Å². The zero-order valence-corrected chi connectivity index (χ0v) is 17.9. The Hall–Kier alpha value is -3.82. The SMILES string of the molecule is CNc1ccc(C(=O)NNC(=O)c2ccc(OCCC(C)C)c(OC)c2)cc1[N+](=O)[O-]. The number of benzene rings is 2. The normalized spacial score (nSPS) is 10.4. The Bertz CT molecular complexity index is 961. The number of nitrogens with one attached hydrogen (secondary N) is 3. The molecule has 166 valence electrons. The number of ether oxygens (including phenoxy) is 2. The molecule has 0 radical (unpaired) electrons. The van der Waals surface area contributed by atoms with Crippen molar-refractivity contribution in [2.45, 2.75) is 20.3 Å². The van der Waals surface area contributed by atoms with Crippen LogP contribution in [-0.4, -0.2) is 37.5 Å². The van der Waals surface area contributed by atoms with E-state index in [1.165, 1.54) is 32.4 Å². The van der Waals surface area contributed by atoms with Crippen molar-refractivity contribution in [3.05, 3.63) is 57.6 Å². The molecule has 0 aliphatic heterocycles. The Labute approximate surface area is 180 Å². The van der Waals surface area contributed by atoms with Gasteiger partial charge < -0.3 is 14.8 Å². The predicted octanol–water partition coefficient (Wildman–Crippen LogP) is 3.14. The smallest absolute Gasteiger partial charge is 0.293 e. The summed E-state index contributed by atoms with van der Waals surface area (Å²) in [6, 6.07) is 8.61. The molecule has 31 heavy (non-hydrogen) atoms. The van der Waals surface area contributed by atoms with E-state index in [2.05, 4.69) is 30.0 Å². The van der Waals surface area contributed by atoms with Crippen molar-refractivity contribution >= 4 is 23.2 Å². The molecule has 2 rings (SSSR count). The predicted molar refractivity (Wildman–Crippen MR) is 116 cm³/mol. The summed E-state index contributed by atoms with van der Waals surface area (Å²) in [6.07, 6.45) is 0.880. The molecule has 0 aliphatic carbocycles. The highest BCUT2D eigenvalue weighted by Crippen LogP contribution is 2.28. The van der Waals surface area contributed by atoms with Gasteiger partial charge in [0.1, 0.15) is 5.69 Å². The second kappa shape index (κ2) is 10.8. The van der Waals surface area contributed by atoms with Gasteiger partial charge in [-0.1, -0.05) is 13.8 Å². The number of amides is 2. The summed E-state index contributed by atoms with van der Waals surface area (Å²) < 4.78 is 11.0. The lowest BCUT2D eigenvalue weighted by atomic mass is 10.1. The van der Waals surface area contributed by atoms with Crippen LogP contribution < -0.4 is 25.6 Å². The van der Waals surface area contributed by atoms with Crippen LogP contribution in [0.25, 0.3) is 0 Å². The summed E-state index contributed by atoms with van der Waals surface area (Å²) in [5, 5.41) is 13.8. The standard InChI is InChI=1S/C21H26N4O6/c1-13(2)9-10-31-18-8-6-15(12-19(18)30-4)21(27)24-23-20(26)14-5-7-16(22-3)17(11-14)25(28)29/h5-8,11-13,22H,9-10H2,1-4H3,(H,23,26)(H,24,27). The molecule has 0 atom stereocenters. The number of anilines is 1. The third-order valence-electron chi connectivity index (χ3n) is 4.39. The molecule has 0 saturated carbocycles. The molecule has 10 nitrogen and oxygen atoms in total. The van der Waals surface area contributed by atoms with Gasteiger partial charge in [-0.3, -0.25) is 30.6 Å². The number of nitro benzene ring substituents is 1. The fourth-order valence-electron chi connectivity index (χ4n) is 2.63. The molecule has 0 bridgehead atoms. The number of nitrogens with zero attached hydrogens (tertiary/aromatic N) is 1. The van der Waals surface area contributed by atoms with Crippen LogP contribution in [0.5, 0.6) is 11.5 Å². The zero-order chi connectivity index (χ0) is 23.0. The van der Waals surface area contributed by atoms with Crippen LogP contribution in [0.4, 0.5) is 11.4 Å². The highest BCUT2D eigenvalue weighted by molar-refractivity contribution is 6.00. The maximum atomic E-state index is 12.4. The van der Waals surface area contributed by atoms with Crippen molar-refractivity contribution in [2.24, 2.45) is 5.92 Å². The summed E-state index contributed by atoms with van der Waals surface area (Å²) >= 11 is 0. The molecule has 0 aromatic heterocycles. The van der Waals surface area contributed by atoms with Crippen molar-refractivity contribution in [3.8, 4) is 11.5 Å². The Morgan fingerprint density at radius 3 is 2.19 bits per heavy atom. The van der Waals surface area contributed by atoms with Crippen LogP contribution >= 0.6 is 0 Å². The van der Waals surface area contributed by atoms with E-state index in [4.69, 9.17) is 9.47 Å². The van der Waals surface area contributed by atoms with E-state index in [0.29, 0.717) is 24.0 Å². The first-order valence-corrected chi connectivity index (χ1v) is 9.64. The molecule has 3 N–H and O–H groups in total. The molecule has 10 heteroatoms. The molecule has 0 spiro atoms. The maximum Gasteiger partial charge on any atom is 0.293 e. The van der Waals surface area contributed by atoms with Gasteiger partial charge in [-0.05, 0) is 42.7 Å². The van der Waals surface area contributed by atoms with Crippen LogP contribution in [0.2, 0.25) is 0 Å². The lowest BCUT2D eigenvalue weighted by molar-refractivity contribution is -0.384. The van der Waals surface area contributed by atoms with E-state index in [1.807, 2.05) is 0 Å². The number of hydrogen-bond donors (Lipinski definition) is 3. The monoisotopic (exact) mass is 430 g/mol. The van der Waals surface area contributed by atoms with E-state index < -0.39 is 16.7 Å². The number of carbonyl (C=O) groups is 2. The molecular formula is C21H26N4O6. The van der Waals surface area contributed by atoms with Gasteiger partial charge in [0.25, 0.3) is 17.5 Å². The van der Waals surface area contributed by atoms with E-state index in [9.17, 15) is 19.7 Å². The molecule has 2 aromatic carbocycles. The molecule has 0 heterocycles. The van der Waals surface area contributed by atoms with Crippen LogP contribution in [0, 0.1) is 16.0 Å². The van der Waals surface area contributed by atoms with Gasteiger partial charge in [-0.15, -0.1) is 0 Å². The van der Waals surface area contributed by atoms with E-state index in [1.54, 1.807) is 12.1 Å². The molecule has 2 aromatic rings. The summed E-state index contributed by atoms with van der Waals surface area (Å²) in [5.74, 6) is 0.124. The fraction of sp³-hybridized carbons (Fsp3) is 0.333. The maximum absolute atomic E-state index is 12.4. The highest BCUT2D eigenvalue weighted by atomic mass is 16.6. The highest BCUT2D eigenvalue weighted by Gasteiger charge is 2.18. The number of hydrogen-bond acceptors (Lipinski definition) is 7. The first kappa shape index (κ1) is 23.5. The van der Waals surface area contributed by atoms with Crippen molar-refractivity contribution in [1.29, 1.82) is 0 Å². The van der Waals surface area contributed by atoms with Gasteiger partial charge in [0.2, 0.25) is 0 Å². The molecule has 0 aliphatic rings. The van der Waals surface area contributed by atoms with Gasteiger partial charge in [-0.25, -0.2) is 0 Å². The Kier molecular flexibility index (Phi) is 8.18. The van der Waals surface area contributed by atoms with E-state index in [-0.39, 0.29) is 22.5 Å². The summed E-state index contributed by atoms with van der Waals surface area (Å²) in [6.45, 7) is 4.71. The molecule has 0 saturated heterocycles. The quantitative estimate of drug-likeness (QED) is 0.411. The minimum atomic E-state index is -0.695. The third-order valence-corrected chi connectivity index (χ3v) is 4.39. The van der Waals surface area contributed by atoms with Crippen molar-refractivity contribution in [1.82, 2.24) is 10.9 Å². The number of methoxy groups -OCH3 is 1. The Morgan fingerprint density at radius 2 is 1.65 bits per heavy atom. The van der Waals surface area contributed by atoms with Gasteiger partial charge >= 0.3 is 0 Å². The second-order valence-electron chi connectivity index (χ2n) is 7.04. The van der Waals surface area contributed by atoms with Gasteiger partial charge in [0.05, 0.1) is 18.6 Å². The van der Waals surface area contributed by atoms with Gasteiger partial charge in [0.15, 0.2) is 11.5 Å². The number of rotatable bonds is 9. The minimum Gasteiger partial charge on any atom is -0.493 e. The number of carbonyl (C=O) groups excluding carboxylic acids is 2. The third kappa shape index (κ3) is 6.33. The first-order chi connectivity index (χ1) is 14.8. The zero-order valence-electron chi connectivity index (χ0n) is 17.9. The lowest BCUT2D eigenvalue weighted by Gasteiger charge is -2.13. The van der Waals surface area contributed by atoms with Crippen LogP contribution in [0.1, 0.15) is 41.0 Å². The van der Waals surface area contributed by atoms with E-state index >= 15 is 0 Å². The summed E-state index contributed by atoms with van der Waals surface area (Å²) in [7, 11) is 3.01. The second-order valence-corrected chi connectivity index (χ2v) is 7.04. The summed E-state index contributed by atoms with van der Waals surface area (Å²) in [4.78, 5) is 35.2. The van der Waals surface area contributed by atoms with Crippen LogP contribution in [0.3, 0.4) is 0 Å². The van der Waals surface area contributed by atoms with Crippen LogP contribution in [-0.2, 0) is 0 Å². The number of nitro groups is 1. The van der Waals surface area contributed by atoms with Crippen LogP contribution in [0.15, 0.2) is 36.4 Å². The molecule has 0 unspecified atom stereocenters.